The van der Waals surface area contributed by atoms with Crippen molar-refractivity contribution in [2.24, 2.45) is 5.73 Å². The van der Waals surface area contributed by atoms with Crippen LogP contribution < -0.4 is 10.6 Å². The van der Waals surface area contributed by atoms with Gasteiger partial charge in [-0.05, 0) is 25.7 Å². The van der Waals surface area contributed by atoms with Gasteiger partial charge in [-0.25, -0.2) is 9.97 Å². The highest BCUT2D eigenvalue weighted by Crippen LogP contribution is 2.28. The van der Waals surface area contributed by atoms with Gasteiger partial charge >= 0.3 is 0 Å². The Hall–Kier alpha value is -1.27. The van der Waals surface area contributed by atoms with Crippen molar-refractivity contribution >= 4 is 23.0 Å². The van der Waals surface area contributed by atoms with E-state index in [0.29, 0.717) is 4.99 Å². The number of aromatic nitrogens is 2. The van der Waals surface area contributed by atoms with E-state index < -0.39 is 0 Å². The van der Waals surface area contributed by atoms with Crippen LogP contribution in [0, 0.1) is 0 Å². The Bertz CT molecular complexity index is 525. The van der Waals surface area contributed by atoms with E-state index in [1.54, 1.807) is 6.33 Å². The number of rotatable bonds is 4. The number of nitrogens with two attached hydrogens (primary N) is 1. The van der Waals surface area contributed by atoms with Gasteiger partial charge in [0, 0.05) is 37.4 Å². The average Bonchev–Trinajstić information content (AvgIpc) is 2.97. The summed E-state index contributed by atoms with van der Waals surface area (Å²) in [6.07, 6.45) is 6.13. The van der Waals surface area contributed by atoms with E-state index in [0.717, 1.165) is 51.3 Å². The zero-order valence-corrected chi connectivity index (χ0v) is 13.4. The van der Waals surface area contributed by atoms with Crippen molar-refractivity contribution in [1.82, 2.24) is 14.9 Å². The molecule has 6 heteroatoms. The van der Waals surface area contributed by atoms with Gasteiger partial charge in [0.1, 0.15) is 12.1 Å². The predicted molar refractivity (Wildman–Crippen MR) is 88.7 cm³/mol. The SMILES string of the molecule is CCC(C(N)=S)N1CCN(c2ncnc3c2CCC3)CC1. The van der Waals surface area contributed by atoms with Gasteiger partial charge in [0.15, 0.2) is 0 Å². The normalized spacial score (nSPS) is 20.3. The summed E-state index contributed by atoms with van der Waals surface area (Å²) in [6, 6.07) is 0.235. The Morgan fingerprint density at radius 3 is 2.71 bits per heavy atom. The fourth-order valence-corrected chi connectivity index (χ4v) is 3.82. The maximum atomic E-state index is 5.85. The Balaban J connectivity index is 1.69. The zero-order valence-electron chi connectivity index (χ0n) is 12.6. The van der Waals surface area contributed by atoms with E-state index in [9.17, 15) is 0 Å². The van der Waals surface area contributed by atoms with Crippen molar-refractivity contribution in [2.75, 3.05) is 31.1 Å². The van der Waals surface area contributed by atoms with Gasteiger partial charge < -0.3 is 10.6 Å². The number of fused-ring (bicyclic) bond motifs is 1. The molecule has 2 heterocycles. The number of hydrogen-bond donors (Lipinski definition) is 1. The third kappa shape index (κ3) is 2.87. The smallest absolute Gasteiger partial charge is 0.135 e. The molecule has 3 rings (SSSR count). The molecule has 0 aromatic carbocycles. The summed E-state index contributed by atoms with van der Waals surface area (Å²) in [5, 5.41) is 0. The van der Waals surface area contributed by atoms with E-state index in [2.05, 4.69) is 26.7 Å². The molecule has 1 aliphatic heterocycles. The van der Waals surface area contributed by atoms with Crippen molar-refractivity contribution in [1.29, 1.82) is 0 Å². The van der Waals surface area contributed by atoms with Gasteiger partial charge in [0.05, 0.1) is 11.0 Å². The Kier molecular flexibility index (Phi) is 4.35. The highest BCUT2D eigenvalue weighted by atomic mass is 32.1. The largest absolute Gasteiger partial charge is 0.392 e. The molecule has 114 valence electrons. The van der Waals surface area contributed by atoms with Crippen LogP contribution in [0.1, 0.15) is 31.0 Å². The fraction of sp³-hybridized carbons (Fsp3) is 0.667. The second-order valence-corrected chi connectivity index (χ2v) is 6.30. The molecule has 0 bridgehead atoms. The van der Waals surface area contributed by atoms with Crippen LogP contribution in [0.5, 0.6) is 0 Å². The van der Waals surface area contributed by atoms with E-state index in [1.165, 1.54) is 17.7 Å². The quantitative estimate of drug-likeness (QED) is 0.842. The summed E-state index contributed by atoms with van der Waals surface area (Å²) < 4.78 is 0. The molecule has 1 atom stereocenters. The van der Waals surface area contributed by atoms with Crippen LogP contribution >= 0.6 is 12.2 Å². The minimum absolute atomic E-state index is 0.235. The van der Waals surface area contributed by atoms with Crippen molar-refractivity contribution in [3.63, 3.8) is 0 Å². The van der Waals surface area contributed by atoms with Crippen LogP contribution in [0.4, 0.5) is 5.82 Å². The number of piperazine rings is 1. The summed E-state index contributed by atoms with van der Waals surface area (Å²) in [5.74, 6) is 1.15. The van der Waals surface area contributed by atoms with E-state index in [-0.39, 0.29) is 6.04 Å². The summed E-state index contributed by atoms with van der Waals surface area (Å²) in [7, 11) is 0. The number of thiocarbonyl (C=S) groups is 1. The fourth-order valence-electron chi connectivity index (χ4n) is 3.50. The molecule has 2 N–H and O–H groups in total. The molecule has 0 saturated carbocycles. The second-order valence-electron chi connectivity index (χ2n) is 5.83. The Morgan fingerprint density at radius 1 is 1.29 bits per heavy atom. The van der Waals surface area contributed by atoms with Gasteiger partial charge in [-0.2, -0.15) is 0 Å². The Labute approximate surface area is 131 Å². The van der Waals surface area contributed by atoms with Crippen molar-refractivity contribution in [3.05, 3.63) is 17.6 Å². The van der Waals surface area contributed by atoms with Crippen molar-refractivity contribution < 1.29 is 0 Å². The first-order valence-electron chi connectivity index (χ1n) is 7.81. The van der Waals surface area contributed by atoms with Gasteiger partial charge in [0.2, 0.25) is 0 Å². The molecular weight excluding hydrogens is 282 g/mol. The predicted octanol–water partition coefficient (Wildman–Crippen LogP) is 1.15. The lowest BCUT2D eigenvalue weighted by Crippen LogP contribution is -2.53. The third-order valence-electron chi connectivity index (χ3n) is 4.62. The first-order chi connectivity index (χ1) is 10.2. The molecule has 0 amide bonds. The van der Waals surface area contributed by atoms with E-state index in [4.69, 9.17) is 18.0 Å². The molecule has 21 heavy (non-hydrogen) atoms. The topological polar surface area (TPSA) is 58.3 Å². The summed E-state index contributed by atoms with van der Waals surface area (Å²) in [6.45, 7) is 6.11. The molecule has 0 spiro atoms. The summed E-state index contributed by atoms with van der Waals surface area (Å²) in [5.41, 5.74) is 8.47. The van der Waals surface area contributed by atoms with Crippen LogP contribution in [0.15, 0.2) is 6.33 Å². The standard InChI is InChI=1S/C15H23N5S/c1-2-13(14(16)21)19-6-8-20(9-7-19)15-11-4-3-5-12(11)17-10-18-15/h10,13H,2-9H2,1H3,(H2,16,21). The highest BCUT2D eigenvalue weighted by molar-refractivity contribution is 7.80. The lowest BCUT2D eigenvalue weighted by Gasteiger charge is -2.39. The van der Waals surface area contributed by atoms with E-state index in [1.807, 2.05) is 0 Å². The molecule has 2 aliphatic rings. The molecular formula is C15H23N5S. The molecule has 1 aliphatic carbocycles. The molecule has 5 nitrogen and oxygen atoms in total. The summed E-state index contributed by atoms with van der Waals surface area (Å²) >= 11 is 5.19. The van der Waals surface area contributed by atoms with Crippen molar-refractivity contribution in [2.45, 2.75) is 38.6 Å². The lowest BCUT2D eigenvalue weighted by molar-refractivity contribution is 0.224. The first-order valence-corrected chi connectivity index (χ1v) is 8.22. The number of hydrogen-bond acceptors (Lipinski definition) is 5. The third-order valence-corrected chi connectivity index (χ3v) is 4.89. The Morgan fingerprint density at radius 2 is 2.05 bits per heavy atom. The molecule has 1 fully saturated rings. The number of nitrogens with zero attached hydrogens (tertiary/aromatic N) is 4. The number of anilines is 1. The van der Waals surface area contributed by atoms with Gasteiger partial charge in [-0.15, -0.1) is 0 Å². The average molecular weight is 305 g/mol. The highest BCUT2D eigenvalue weighted by Gasteiger charge is 2.27. The molecule has 1 unspecified atom stereocenters. The lowest BCUT2D eigenvalue weighted by atomic mass is 10.1. The van der Waals surface area contributed by atoms with Crippen LogP contribution in [0.2, 0.25) is 0 Å². The van der Waals surface area contributed by atoms with E-state index >= 15 is 0 Å². The zero-order chi connectivity index (χ0) is 14.8. The minimum atomic E-state index is 0.235. The number of aryl methyl sites for hydroxylation is 1. The maximum absolute atomic E-state index is 5.85. The van der Waals surface area contributed by atoms with Gasteiger partial charge in [-0.3, -0.25) is 4.90 Å². The monoisotopic (exact) mass is 305 g/mol. The maximum Gasteiger partial charge on any atom is 0.135 e. The first kappa shape index (κ1) is 14.7. The van der Waals surface area contributed by atoms with Crippen LogP contribution in [-0.4, -0.2) is 52.1 Å². The second kappa shape index (κ2) is 6.23. The van der Waals surface area contributed by atoms with Gasteiger partial charge in [0.25, 0.3) is 0 Å². The van der Waals surface area contributed by atoms with Crippen LogP contribution in [0.3, 0.4) is 0 Å². The molecule has 1 aromatic heterocycles. The molecule has 1 aromatic rings. The minimum Gasteiger partial charge on any atom is -0.392 e. The molecule has 0 radical (unpaired) electrons. The van der Waals surface area contributed by atoms with Crippen LogP contribution in [-0.2, 0) is 12.8 Å². The van der Waals surface area contributed by atoms with Crippen LogP contribution in [0.25, 0.3) is 0 Å². The van der Waals surface area contributed by atoms with Gasteiger partial charge in [-0.1, -0.05) is 19.1 Å². The summed E-state index contributed by atoms with van der Waals surface area (Å²) in [4.78, 5) is 14.4. The van der Waals surface area contributed by atoms with Crippen molar-refractivity contribution in [3.8, 4) is 0 Å². The molecule has 1 saturated heterocycles.